The van der Waals surface area contributed by atoms with Gasteiger partial charge in [0, 0.05) is 25.5 Å². The zero-order valence-electron chi connectivity index (χ0n) is 16.8. The lowest BCUT2D eigenvalue weighted by atomic mass is 9.98. The summed E-state index contributed by atoms with van der Waals surface area (Å²) >= 11 is 0. The van der Waals surface area contributed by atoms with Gasteiger partial charge in [0.15, 0.2) is 0 Å². The summed E-state index contributed by atoms with van der Waals surface area (Å²) in [6.07, 6.45) is 8.17. The first kappa shape index (κ1) is 23.9. The van der Waals surface area contributed by atoms with Crippen LogP contribution < -0.4 is 10.6 Å². The van der Waals surface area contributed by atoms with E-state index in [1.807, 2.05) is 24.7 Å². The van der Waals surface area contributed by atoms with E-state index in [1.54, 1.807) is 6.20 Å². The highest BCUT2D eigenvalue weighted by atomic mass is 35.5. The van der Waals surface area contributed by atoms with Crippen LogP contribution >= 0.6 is 24.8 Å². The van der Waals surface area contributed by atoms with Crippen LogP contribution in [-0.2, 0) is 17.9 Å². The Balaban J connectivity index is 0.00000160. The molecule has 2 aromatic carbocycles. The van der Waals surface area contributed by atoms with E-state index in [0.717, 1.165) is 35.7 Å². The molecule has 1 aromatic heterocycles. The van der Waals surface area contributed by atoms with Gasteiger partial charge in [0.25, 0.3) is 0 Å². The topological polar surface area (TPSA) is 59.0 Å². The Morgan fingerprint density at radius 3 is 2.53 bits per heavy atom. The van der Waals surface area contributed by atoms with Crippen molar-refractivity contribution in [1.29, 1.82) is 0 Å². The van der Waals surface area contributed by atoms with Crippen LogP contribution in [0.3, 0.4) is 0 Å². The number of nitrogens with one attached hydrogen (secondary N) is 2. The normalized spacial score (nSPS) is 12.5. The second-order valence-electron chi connectivity index (χ2n) is 7.44. The highest BCUT2D eigenvalue weighted by Crippen LogP contribution is 2.27. The fourth-order valence-corrected chi connectivity index (χ4v) is 3.30. The van der Waals surface area contributed by atoms with E-state index in [-0.39, 0.29) is 30.7 Å². The minimum Gasteiger partial charge on any atom is -0.351 e. The smallest absolute Gasteiger partial charge is 0.234 e. The molecule has 0 saturated heterocycles. The van der Waals surface area contributed by atoms with Crippen LogP contribution in [0, 0.1) is 5.92 Å². The van der Waals surface area contributed by atoms with Crippen molar-refractivity contribution < 1.29 is 4.79 Å². The third-order valence-corrected chi connectivity index (χ3v) is 5.10. The van der Waals surface area contributed by atoms with Crippen LogP contribution in [0.1, 0.15) is 24.0 Å². The number of halogens is 2. The van der Waals surface area contributed by atoms with E-state index in [2.05, 4.69) is 56.6 Å². The molecule has 1 heterocycles. The summed E-state index contributed by atoms with van der Waals surface area (Å²) in [4.78, 5) is 16.2. The molecule has 1 amide bonds. The molecule has 1 fully saturated rings. The predicted octanol–water partition coefficient (Wildman–Crippen LogP) is 4.06. The lowest BCUT2D eigenvalue weighted by Gasteiger charge is -2.12. The SMILES string of the molecule is Cl.Cl.O=C(CNCC1CC1)NCc1ccccc1-c1ccc(Cn2ccnc2)cc1. The molecule has 0 atom stereocenters. The van der Waals surface area contributed by atoms with Gasteiger partial charge in [-0.25, -0.2) is 4.98 Å². The number of benzene rings is 2. The minimum atomic E-state index is 0. The first-order valence-corrected chi connectivity index (χ1v) is 9.88. The number of nitrogens with zero attached hydrogens (tertiary/aromatic N) is 2. The van der Waals surface area contributed by atoms with Gasteiger partial charge in [-0.15, -0.1) is 24.8 Å². The number of carbonyl (C=O) groups excluding carboxylic acids is 1. The van der Waals surface area contributed by atoms with Crippen molar-refractivity contribution in [3.63, 3.8) is 0 Å². The zero-order valence-corrected chi connectivity index (χ0v) is 18.4. The largest absolute Gasteiger partial charge is 0.351 e. The Bertz CT molecular complexity index is 909. The maximum atomic E-state index is 12.1. The summed E-state index contributed by atoms with van der Waals surface area (Å²) in [5.41, 5.74) is 4.67. The molecule has 5 nitrogen and oxygen atoms in total. The number of amides is 1. The lowest BCUT2D eigenvalue weighted by Crippen LogP contribution is -2.34. The molecule has 4 rings (SSSR count). The number of aromatic nitrogens is 2. The molecule has 30 heavy (non-hydrogen) atoms. The van der Waals surface area contributed by atoms with Crippen LogP contribution in [-0.4, -0.2) is 28.5 Å². The second kappa shape index (κ2) is 11.7. The average molecular weight is 447 g/mol. The second-order valence-corrected chi connectivity index (χ2v) is 7.44. The van der Waals surface area contributed by atoms with Gasteiger partial charge in [-0.1, -0.05) is 48.5 Å². The number of rotatable bonds is 9. The van der Waals surface area contributed by atoms with Crippen molar-refractivity contribution in [2.45, 2.75) is 25.9 Å². The van der Waals surface area contributed by atoms with E-state index in [0.29, 0.717) is 13.1 Å². The molecule has 1 aliphatic carbocycles. The van der Waals surface area contributed by atoms with Gasteiger partial charge in [-0.3, -0.25) is 4.79 Å². The van der Waals surface area contributed by atoms with Gasteiger partial charge in [-0.05, 0) is 47.6 Å². The first-order chi connectivity index (χ1) is 13.8. The standard InChI is InChI=1S/C23H26N4O.2ClH/c28-23(15-25-13-18-5-6-18)26-14-21-3-1-2-4-22(21)20-9-7-19(8-10-20)16-27-12-11-24-17-27;;/h1-4,7-12,17-18,25H,5-6,13-16H2,(H,26,28);2*1H. The summed E-state index contributed by atoms with van der Waals surface area (Å²) in [6, 6.07) is 16.8. The van der Waals surface area contributed by atoms with Gasteiger partial charge < -0.3 is 15.2 Å². The molecular weight excluding hydrogens is 419 g/mol. The molecule has 0 radical (unpaired) electrons. The summed E-state index contributed by atoms with van der Waals surface area (Å²) in [7, 11) is 0. The average Bonchev–Trinajstić information content (AvgIpc) is 3.41. The summed E-state index contributed by atoms with van der Waals surface area (Å²) in [5.74, 6) is 0.830. The first-order valence-electron chi connectivity index (χ1n) is 9.88. The quantitative estimate of drug-likeness (QED) is 0.520. The summed E-state index contributed by atoms with van der Waals surface area (Å²) in [6.45, 7) is 2.69. The number of carbonyl (C=O) groups is 1. The highest BCUT2D eigenvalue weighted by Gasteiger charge is 2.20. The van der Waals surface area contributed by atoms with Gasteiger partial charge in [0.2, 0.25) is 5.91 Å². The molecule has 0 aliphatic heterocycles. The maximum Gasteiger partial charge on any atom is 0.234 e. The molecule has 1 saturated carbocycles. The van der Waals surface area contributed by atoms with E-state index in [4.69, 9.17) is 0 Å². The molecule has 0 bridgehead atoms. The van der Waals surface area contributed by atoms with Crippen molar-refractivity contribution >= 4 is 30.7 Å². The van der Waals surface area contributed by atoms with E-state index in [1.165, 1.54) is 18.4 Å². The summed E-state index contributed by atoms with van der Waals surface area (Å²) < 4.78 is 2.05. The van der Waals surface area contributed by atoms with Crippen LogP contribution in [0.4, 0.5) is 0 Å². The maximum absolute atomic E-state index is 12.1. The molecule has 3 aromatic rings. The van der Waals surface area contributed by atoms with Crippen molar-refractivity contribution in [2.24, 2.45) is 5.92 Å². The van der Waals surface area contributed by atoms with Crippen LogP contribution in [0.5, 0.6) is 0 Å². The Hall–Kier alpha value is -2.34. The Morgan fingerprint density at radius 1 is 1.07 bits per heavy atom. The van der Waals surface area contributed by atoms with E-state index < -0.39 is 0 Å². The summed E-state index contributed by atoms with van der Waals surface area (Å²) in [5, 5.41) is 6.27. The lowest BCUT2D eigenvalue weighted by molar-refractivity contribution is -0.120. The molecule has 2 N–H and O–H groups in total. The van der Waals surface area contributed by atoms with Crippen LogP contribution in [0.15, 0.2) is 67.3 Å². The monoisotopic (exact) mass is 446 g/mol. The van der Waals surface area contributed by atoms with E-state index in [9.17, 15) is 4.79 Å². The number of imidazole rings is 1. The molecule has 160 valence electrons. The van der Waals surface area contributed by atoms with E-state index >= 15 is 0 Å². The van der Waals surface area contributed by atoms with Gasteiger partial charge >= 0.3 is 0 Å². The zero-order chi connectivity index (χ0) is 19.2. The van der Waals surface area contributed by atoms with Crippen molar-refractivity contribution in [2.75, 3.05) is 13.1 Å². The van der Waals surface area contributed by atoms with Gasteiger partial charge in [0.1, 0.15) is 0 Å². The minimum absolute atomic E-state index is 0. The number of hydrogen-bond donors (Lipinski definition) is 2. The Labute approximate surface area is 190 Å². The molecule has 0 unspecified atom stereocenters. The fourth-order valence-electron chi connectivity index (χ4n) is 3.30. The van der Waals surface area contributed by atoms with Crippen molar-refractivity contribution in [3.05, 3.63) is 78.4 Å². The van der Waals surface area contributed by atoms with Gasteiger partial charge in [0.05, 0.1) is 12.9 Å². The predicted molar refractivity (Wildman–Crippen MR) is 125 cm³/mol. The molecule has 0 spiro atoms. The van der Waals surface area contributed by atoms with Crippen molar-refractivity contribution in [1.82, 2.24) is 20.2 Å². The van der Waals surface area contributed by atoms with Crippen molar-refractivity contribution in [3.8, 4) is 11.1 Å². The van der Waals surface area contributed by atoms with Crippen LogP contribution in [0.2, 0.25) is 0 Å². The van der Waals surface area contributed by atoms with Gasteiger partial charge in [-0.2, -0.15) is 0 Å². The Kier molecular flexibility index (Phi) is 9.37. The highest BCUT2D eigenvalue weighted by molar-refractivity contribution is 5.85. The fraction of sp³-hybridized carbons (Fsp3) is 0.304. The third-order valence-electron chi connectivity index (χ3n) is 5.10. The Morgan fingerprint density at radius 2 is 1.83 bits per heavy atom. The third kappa shape index (κ3) is 6.87. The molecule has 7 heteroatoms. The van der Waals surface area contributed by atoms with Crippen LogP contribution in [0.25, 0.3) is 11.1 Å². The molecule has 1 aliphatic rings. The molecular formula is C23H28Cl2N4O. The number of hydrogen-bond acceptors (Lipinski definition) is 3.